The van der Waals surface area contributed by atoms with Crippen LogP contribution in [0.4, 0.5) is 4.39 Å². The third-order valence-electron chi connectivity index (χ3n) is 2.66. The van der Waals surface area contributed by atoms with Crippen LogP contribution in [0.2, 0.25) is 0 Å². The number of hydrogen-bond donors (Lipinski definition) is 1. The lowest BCUT2D eigenvalue weighted by Crippen LogP contribution is -2.28. The van der Waals surface area contributed by atoms with Gasteiger partial charge in [-0.05, 0) is 17.5 Å². The number of amides is 1. The van der Waals surface area contributed by atoms with Crippen LogP contribution in [-0.2, 0) is 0 Å². The van der Waals surface area contributed by atoms with Gasteiger partial charge in [0.2, 0.25) is 0 Å². The molecule has 1 unspecified atom stereocenters. The summed E-state index contributed by atoms with van der Waals surface area (Å²) >= 11 is 3.36. The zero-order valence-corrected chi connectivity index (χ0v) is 11.5. The fraction of sp³-hybridized carbons (Fsp3) is 0.214. The number of hydrogen-bond acceptors (Lipinski definition) is 1. The Hall–Kier alpha value is -1.42. The second-order valence-corrected chi connectivity index (χ2v) is 5.69. The Bertz CT molecular complexity index is 583. The molecule has 1 amide bonds. The fourth-order valence-electron chi connectivity index (χ4n) is 1.79. The lowest BCUT2D eigenvalue weighted by molar-refractivity contribution is 0.0956. The van der Waals surface area contributed by atoms with Crippen LogP contribution in [0, 0.1) is 5.82 Å². The van der Waals surface area contributed by atoms with Crippen LogP contribution in [0.15, 0.2) is 36.4 Å². The van der Waals surface area contributed by atoms with Gasteiger partial charge in [0.05, 0.1) is 0 Å². The van der Waals surface area contributed by atoms with Crippen LogP contribution in [0.5, 0.6) is 0 Å². The van der Waals surface area contributed by atoms with Gasteiger partial charge in [-0.1, -0.05) is 47.1 Å². The lowest BCUT2D eigenvalue weighted by Gasteiger charge is -2.09. The van der Waals surface area contributed by atoms with Crippen molar-refractivity contribution in [3.63, 3.8) is 0 Å². The third-order valence-corrected chi connectivity index (χ3v) is 2.98. The summed E-state index contributed by atoms with van der Waals surface area (Å²) in [6, 6.07) is 9.83. The predicted octanol–water partition coefficient (Wildman–Crippen LogP) is 3.49. The molecule has 1 atom stereocenters. The maximum absolute atomic E-state index is 13.6. The van der Waals surface area contributed by atoms with Crippen LogP contribution in [-0.4, -0.2) is 17.3 Å². The predicted molar refractivity (Wildman–Crippen MR) is 74.6 cm³/mol. The van der Waals surface area contributed by atoms with Crippen molar-refractivity contribution >= 4 is 32.6 Å². The highest BCUT2D eigenvalue weighted by Crippen LogP contribution is 2.21. The van der Waals surface area contributed by atoms with Crippen LogP contribution >= 0.6 is 15.9 Å². The van der Waals surface area contributed by atoms with Crippen LogP contribution in [0.25, 0.3) is 10.8 Å². The van der Waals surface area contributed by atoms with Gasteiger partial charge in [0, 0.05) is 22.3 Å². The van der Waals surface area contributed by atoms with Crippen molar-refractivity contribution < 1.29 is 9.18 Å². The van der Waals surface area contributed by atoms with Gasteiger partial charge in [-0.15, -0.1) is 0 Å². The molecule has 1 N–H and O–H groups in total. The van der Waals surface area contributed by atoms with Crippen LogP contribution in [0.1, 0.15) is 17.3 Å². The van der Waals surface area contributed by atoms with E-state index in [-0.39, 0.29) is 16.6 Å². The molecule has 0 saturated heterocycles. The van der Waals surface area contributed by atoms with Gasteiger partial charge >= 0.3 is 0 Å². The van der Waals surface area contributed by atoms with E-state index in [9.17, 15) is 9.18 Å². The molecule has 2 aromatic carbocycles. The van der Waals surface area contributed by atoms with Gasteiger partial charge < -0.3 is 5.32 Å². The molecule has 2 rings (SSSR count). The Morgan fingerprint density at radius 3 is 2.61 bits per heavy atom. The molecule has 0 aliphatic heterocycles. The number of rotatable bonds is 3. The Morgan fingerprint density at radius 1 is 1.28 bits per heavy atom. The fourth-order valence-corrected chi connectivity index (χ4v) is 1.95. The van der Waals surface area contributed by atoms with E-state index in [0.29, 0.717) is 22.9 Å². The largest absolute Gasteiger partial charge is 0.351 e. The van der Waals surface area contributed by atoms with Crippen molar-refractivity contribution in [1.29, 1.82) is 0 Å². The molecule has 0 fully saturated rings. The molecule has 0 aromatic heterocycles. The molecule has 0 aliphatic rings. The summed E-state index contributed by atoms with van der Waals surface area (Å²) in [6.45, 7) is 2.48. The van der Waals surface area contributed by atoms with E-state index < -0.39 is 0 Å². The normalized spacial score (nSPS) is 12.4. The third kappa shape index (κ3) is 2.70. The Kier molecular flexibility index (Phi) is 3.97. The van der Waals surface area contributed by atoms with Gasteiger partial charge in [0.25, 0.3) is 5.91 Å². The minimum absolute atomic E-state index is 0.183. The second kappa shape index (κ2) is 5.48. The summed E-state index contributed by atoms with van der Waals surface area (Å²) in [7, 11) is 0. The maximum atomic E-state index is 13.6. The average Bonchev–Trinajstić information content (AvgIpc) is 2.37. The topological polar surface area (TPSA) is 29.1 Å². The summed E-state index contributed by atoms with van der Waals surface area (Å²) in [5.41, 5.74) is 0.500. The smallest absolute Gasteiger partial charge is 0.251 e. The highest BCUT2D eigenvalue weighted by molar-refractivity contribution is 9.09. The molecule has 2 aromatic rings. The molecule has 94 valence electrons. The second-order valence-electron chi connectivity index (χ2n) is 4.13. The molecule has 4 heteroatoms. The van der Waals surface area contributed by atoms with Gasteiger partial charge in [-0.25, -0.2) is 4.39 Å². The number of carbonyl (C=O) groups is 1. The van der Waals surface area contributed by atoms with Gasteiger partial charge in [-0.3, -0.25) is 4.79 Å². The van der Waals surface area contributed by atoms with Crippen molar-refractivity contribution in [2.45, 2.75) is 11.8 Å². The lowest BCUT2D eigenvalue weighted by atomic mass is 10.0. The monoisotopic (exact) mass is 309 g/mol. The van der Waals surface area contributed by atoms with E-state index in [2.05, 4.69) is 21.2 Å². The molecular formula is C14H13BrFNO. The standard InChI is InChI=1S/C14H13BrFNO/c1-9(15)8-17-14(18)12-6-7-13(16)11-5-3-2-4-10(11)12/h2-7,9H,8H2,1H3,(H,17,18). The Labute approximate surface area is 113 Å². The van der Waals surface area contributed by atoms with Crippen molar-refractivity contribution in [1.82, 2.24) is 5.32 Å². The van der Waals surface area contributed by atoms with E-state index >= 15 is 0 Å². The van der Waals surface area contributed by atoms with Crippen molar-refractivity contribution in [2.24, 2.45) is 0 Å². The molecule has 18 heavy (non-hydrogen) atoms. The molecule has 2 nitrogen and oxygen atoms in total. The molecule has 0 heterocycles. The zero-order valence-electron chi connectivity index (χ0n) is 9.91. The number of fused-ring (bicyclic) bond motifs is 1. The average molecular weight is 310 g/mol. The molecule has 0 spiro atoms. The zero-order chi connectivity index (χ0) is 13.1. The van der Waals surface area contributed by atoms with E-state index in [0.717, 1.165) is 0 Å². The van der Waals surface area contributed by atoms with Gasteiger partial charge in [0.15, 0.2) is 0 Å². The number of halogens is 2. The number of nitrogens with one attached hydrogen (secondary N) is 1. The van der Waals surface area contributed by atoms with E-state index in [4.69, 9.17) is 0 Å². The Morgan fingerprint density at radius 2 is 1.94 bits per heavy atom. The first kappa shape index (κ1) is 13.0. The summed E-state index contributed by atoms with van der Waals surface area (Å²) < 4.78 is 13.6. The summed E-state index contributed by atoms with van der Waals surface area (Å²) in [5.74, 6) is -0.492. The summed E-state index contributed by atoms with van der Waals surface area (Å²) in [4.78, 5) is 12.2. The first-order chi connectivity index (χ1) is 8.59. The number of carbonyl (C=O) groups excluding carboxylic acids is 1. The number of benzene rings is 2. The Balaban J connectivity index is 2.39. The van der Waals surface area contributed by atoms with Gasteiger partial charge in [-0.2, -0.15) is 0 Å². The van der Waals surface area contributed by atoms with Crippen molar-refractivity contribution in [2.75, 3.05) is 6.54 Å². The number of alkyl halides is 1. The highest BCUT2D eigenvalue weighted by Gasteiger charge is 2.12. The first-order valence-corrected chi connectivity index (χ1v) is 6.60. The minimum Gasteiger partial charge on any atom is -0.351 e. The SMILES string of the molecule is CC(Br)CNC(=O)c1ccc(F)c2ccccc12. The summed E-state index contributed by atoms with van der Waals surface area (Å²) in [6.07, 6.45) is 0. The van der Waals surface area contributed by atoms with Gasteiger partial charge in [0.1, 0.15) is 5.82 Å². The molecule has 0 saturated carbocycles. The van der Waals surface area contributed by atoms with Crippen LogP contribution < -0.4 is 5.32 Å². The first-order valence-electron chi connectivity index (χ1n) is 5.69. The van der Waals surface area contributed by atoms with E-state index in [1.807, 2.05) is 6.92 Å². The molecule has 0 aliphatic carbocycles. The molecular weight excluding hydrogens is 297 g/mol. The highest BCUT2D eigenvalue weighted by atomic mass is 79.9. The van der Waals surface area contributed by atoms with Crippen LogP contribution in [0.3, 0.4) is 0 Å². The van der Waals surface area contributed by atoms with Crippen molar-refractivity contribution in [3.05, 3.63) is 47.8 Å². The van der Waals surface area contributed by atoms with E-state index in [1.165, 1.54) is 12.1 Å². The molecule has 0 radical (unpaired) electrons. The quantitative estimate of drug-likeness (QED) is 0.864. The van der Waals surface area contributed by atoms with Crippen molar-refractivity contribution in [3.8, 4) is 0 Å². The summed E-state index contributed by atoms with van der Waals surface area (Å²) in [5, 5.41) is 3.91. The maximum Gasteiger partial charge on any atom is 0.251 e. The van der Waals surface area contributed by atoms with E-state index in [1.54, 1.807) is 24.3 Å². The minimum atomic E-state index is -0.309. The molecule has 0 bridgehead atoms.